The Kier molecular flexibility index (Phi) is 5.00. The molecular weight excluding hydrogens is 276 g/mol. The standard InChI is InChI=1S/C14H20N2O3S/c1-9(7-13(17)18)8-15-14(19)16-11-3-2-4-12-10(11)5-6-20-12/h5-6,9,11H,2-4,7-8H2,1H3,(H,17,18)(H2,15,16,19). The van der Waals surface area contributed by atoms with Crippen molar-refractivity contribution >= 4 is 23.3 Å². The van der Waals surface area contributed by atoms with Gasteiger partial charge in [0.25, 0.3) is 0 Å². The topological polar surface area (TPSA) is 78.4 Å². The van der Waals surface area contributed by atoms with Crippen LogP contribution in [0.3, 0.4) is 0 Å². The molecule has 0 saturated carbocycles. The van der Waals surface area contributed by atoms with E-state index in [0.29, 0.717) is 6.54 Å². The van der Waals surface area contributed by atoms with Crippen molar-refractivity contribution in [2.24, 2.45) is 5.92 Å². The van der Waals surface area contributed by atoms with Gasteiger partial charge in [-0.3, -0.25) is 4.79 Å². The highest BCUT2D eigenvalue weighted by molar-refractivity contribution is 7.10. The van der Waals surface area contributed by atoms with Gasteiger partial charge in [0.1, 0.15) is 0 Å². The molecule has 0 aliphatic heterocycles. The Morgan fingerprint density at radius 1 is 1.55 bits per heavy atom. The first-order valence-corrected chi connectivity index (χ1v) is 7.76. The SMILES string of the molecule is CC(CNC(=O)NC1CCCc2sccc21)CC(=O)O. The fourth-order valence-electron chi connectivity index (χ4n) is 2.48. The molecule has 1 aromatic rings. The molecule has 2 atom stereocenters. The molecule has 3 N–H and O–H groups in total. The first-order chi connectivity index (χ1) is 9.56. The van der Waals surface area contributed by atoms with Crippen LogP contribution in [0.4, 0.5) is 4.79 Å². The van der Waals surface area contributed by atoms with E-state index in [1.54, 1.807) is 11.3 Å². The normalized spacial score (nSPS) is 18.9. The monoisotopic (exact) mass is 296 g/mol. The summed E-state index contributed by atoms with van der Waals surface area (Å²) in [6.07, 6.45) is 3.22. The number of hydrogen-bond donors (Lipinski definition) is 3. The molecule has 0 fully saturated rings. The maximum absolute atomic E-state index is 11.9. The highest BCUT2D eigenvalue weighted by atomic mass is 32.1. The Morgan fingerprint density at radius 3 is 3.10 bits per heavy atom. The number of thiophene rings is 1. The van der Waals surface area contributed by atoms with E-state index >= 15 is 0 Å². The molecular formula is C14H20N2O3S. The van der Waals surface area contributed by atoms with Gasteiger partial charge in [0.2, 0.25) is 0 Å². The van der Waals surface area contributed by atoms with Gasteiger partial charge in [0, 0.05) is 17.8 Å². The number of carbonyl (C=O) groups excluding carboxylic acids is 1. The lowest BCUT2D eigenvalue weighted by molar-refractivity contribution is -0.137. The molecule has 20 heavy (non-hydrogen) atoms. The summed E-state index contributed by atoms with van der Waals surface area (Å²) >= 11 is 1.74. The molecule has 2 unspecified atom stereocenters. The Labute approximate surface area is 122 Å². The van der Waals surface area contributed by atoms with E-state index < -0.39 is 5.97 Å². The molecule has 1 aromatic heterocycles. The average Bonchev–Trinajstić information content (AvgIpc) is 2.85. The van der Waals surface area contributed by atoms with Gasteiger partial charge in [0.15, 0.2) is 0 Å². The Bertz CT molecular complexity index is 487. The first kappa shape index (κ1) is 14.8. The number of nitrogens with one attached hydrogen (secondary N) is 2. The van der Waals surface area contributed by atoms with Gasteiger partial charge in [-0.25, -0.2) is 4.79 Å². The molecule has 2 amide bonds. The molecule has 6 heteroatoms. The summed E-state index contributed by atoms with van der Waals surface area (Å²) in [6.45, 7) is 2.19. The van der Waals surface area contributed by atoms with Gasteiger partial charge >= 0.3 is 12.0 Å². The molecule has 0 bridgehead atoms. The zero-order valence-corrected chi connectivity index (χ0v) is 12.3. The van der Waals surface area contributed by atoms with Crippen molar-refractivity contribution in [3.8, 4) is 0 Å². The summed E-state index contributed by atoms with van der Waals surface area (Å²) in [4.78, 5) is 23.8. The van der Waals surface area contributed by atoms with Gasteiger partial charge in [-0.2, -0.15) is 0 Å². The van der Waals surface area contributed by atoms with Gasteiger partial charge in [0.05, 0.1) is 6.04 Å². The van der Waals surface area contributed by atoms with Crippen LogP contribution in [0.2, 0.25) is 0 Å². The van der Waals surface area contributed by atoms with Crippen LogP contribution in [0.15, 0.2) is 11.4 Å². The van der Waals surface area contributed by atoms with Crippen LogP contribution >= 0.6 is 11.3 Å². The lowest BCUT2D eigenvalue weighted by Gasteiger charge is -2.24. The Hall–Kier alpha value is -1.56. The van der Waals surface area contributed by atoms with Crippen molar-refractivity contribution < 1.29 is 14.7 Å². The summed E-state index contributed by atoms with van der Waals surface area (Å²) in [5, 5.41) is 16.5. The van der Waals surface area contributed by atoms with E-state index in [4.69, 9.17) is 5.11 Å². The number of rotatable bonds is 5. The van der Waals surface area contributed by atoms with Crippen LogP contribution in [0.1, 0.15) is 42.7 Å². The number of aliphatic carboxylic acids is 1. The molecule has 1 heterocycles. The zero-order chi connectivity index (χ0) is 14.5. The predicted molar refractivity (Wildman–Crippen MR) is 77.9 cm³/mol. The van der Waals surface area contributed by atoms with Crippen LogP contribution in [0.5, 0.6) is 0 Å². The summed E-state index contributed by atoms with van der Waals surface area (Å²) in [5.41, 5.74) is 1.23. The van der Waals surface area contributed by atoms with Gasteiger partial charge < -0.3 is 15.7 Å². The number of carboxylic acids is 1. The molecule has 5 nitrogen and oxygen atoms in total. The van der Waals surface area contributed by atoms with Crippen molar-refractivity contribution in [1.29, 1.82) is 0 Å². The van der Waals surface area contributed by atoms with Crippen LogP contribution in [-0.4, -0.2) is 23.7 Å². The number of urea groups is 1. The Morgan fingerprint density at radius 2 is 2.35 bits per heavy atom. The van der Waals surface area contributed by atoms with Crippen LogP contribution < -0.4 is 10.6 Å². The molecule has 0 saturated heterocycles. The third-order valence-corrected chi connectivity index (χ3v) is 4.49. The molecule has 1 aliphatic rings. The van der Waals surface area contributed by atoms with Crippen LogP contribution in [0, 0.1) is 5.92 Å². The Balaban J connectivity index is 1.80. The summed E-state index contributed by atoms with van der Waals surface area (Å²) in [7, 11) is 0. The largest absolute Gasteiger partial charge is 0.481 e. The molecule has 2 rings (SSSR count). The number of fused-ring (bicyclic) bond motifs is 1. The third-order valence-electron chi connectivity index (χ3n) is 3.49. The van der Waals surface area contributed by atoms with Gasteiger partial charge in [-0.05, 0) is 42.2 Å². The van der Waals surface area contributed by atoms with E-state index in [-0.39, 0.29) is 24.4 Å². The molecule has 0 spiro atoms. The van der Waals surface area contributed by atoms with Crippen molar-refractivity contribution in [2.45, 2.75) is 38.6 Å². The van der Waals surface area contributed by atoms with Crippen LogP contribution in [-0.2, 0) is 11.2 Å². The molecule has 1 aliphatic carbocycles. The highest BCUT2D eigenvalue weighted by Gasteiger charge is 2.22. The number of carboxylic acid groups (broad SMARTS) is 1. The molecule has 0 radical (unpaired) electrons. The molecule has 110 valence electrons. The van der Waals surface area contributed by atoms with E-state index in [9.17, 15) is 9.59 Å². The quantitative estimate of drug-likeness (QED) is 0.781. The molecule has 0 aromatic carbocycles. The van der Waals surface area contributed by atoms with E-state index in [1.807, 2.05) is 6.92 Å². The fraction of sp³-hybridized carbons (Fsp3) is 0.571. The van der Waals surface area contributed by atoms with E-state index in [2.05, 4.69) is 22.1 Å². The van der Waals surface area contributed by atoms with Crippen molar-refractivity contribution in [3.05, 3.63) is 21.9 Å². The highest BCUT2D eigenvalue weighted by Crippen LogP contribution is 2.33. The minimum Gasteiger partial charge on any atom is -0.481 e. The minimum atomic E-state index is -0.838. The second-order valence-electron chi connectivity index (χ2n) is 5.30. The summed E-state index contributed by atoms with van der Waals surface area (Å²) in [6, 6.07) is 1.95. The van der Waals surface area contributed by atoms with Crippen molar-refractivity contribution in [3.63, 3.8) is 0 Å². The number of carbonyl (C=O) groups is 2. The van der Waals surface area contributed by atoms with E-state index in [1.165, 1.54) is 10.4 Å². The lowest BCUT2D eigenvalue weighted by Crippen LogP contribution is -2.40. The van der Waals surface area contributed by atoms with Crippen molar-refractivity contribution in [1.82, 2.24) is 10.6 Å². The van der Waals surface area contributed by atoms with Crippen LogP contribution in [0.25, 0.3) is 0 Å². The summed E-state index contributed by atoms with van der Waals surface area (Å²) in [5.74, 6) is -0.906. The zero-order valence-electron chi connectivity index (χ0n) is 11.5. The number of amides is 2. The van der Waals surface area contributed by atoms with Gasteiger partial charge in [-0.15, -0.1) is 11.3 Å². The third kappa shape index (κ3) is 3.96. The number of aryl methyl sites for hydroxylation is 1. The smallest absolute Gasteiger partial charge is 0.315 e. The second-order valence-corrected chi connectivity index (χ2v) is 6.30. The summed E-state index contributed by atoms with van der Waals surface area (Å²) < 4.78 is 0. The minimum absolute atomic E-state index is 0.0678. The van der Waals surface area contributed by atoms with Gasteiger partial charge in [-0.1, -0.05) is 6.92 Å². The lowest BCUT2D eigenvalue weighted by atomic mass is 9.94. The second kappa shape index (κ2) is 6.74. The van der Waals surface area contributed by atoms with E-state index in [0.717, 1.165) is 19.3 Å². The first-order valence-electron chi connectivity index (χ1n) is 6.88. The van der Waals surface area contributed by atoms with Crippen molar-refractivity contribution in [2.75, 3.05) is 6.54 Å². The maximum Gasteiger partial charge on any atom is 0.315 e. The number of hydrogen-bond acceptors (Lipinski definition) is 3. The fourth-order valence-corrected chi connectivity index (χ4v) is 3.47. The maximum atomic E-state index is 11.9. The predicted octanol–water partition coefficient (Wildman–Crippen LogP) is 2.54. The average molecular weight is 296 g/mol.